The summed E-state index contributed by atoms with van der Waals surface area (Å²) in [6.45, 7) is 2.37. The van der Waals surface area contributed by atoms with Gasteiger partial charge in [-0.25, -0.2) is 4.98 Å². The highest BCUT2D eigenvalue weighted by atomic mass is 32.1. The third kappa shape index (κ3) is 3.19. The summed E-state index contributed by atoms with van der Waals surface area (Å²) in [6, 6.07) is 7.27. The van der Waals surface area contributed by atoms with Crippen molar-refractivity contribution in [2.24, 2.45) is 0 Å². The number of benzene rings is 1. The minimum absolute atomic E-state index is 0.0374. The maximum absolute atomic E-state index is 13.2. The summed E-state index contributed by atoms with van der Waals surface area (Å²) in [5.41, 5.74) is 1.64. The molecule has 156 valence electrons. The number of carbonyl (C=O) groups excluding carboxylic acids is 3. The van der Waals surface area contributed by atoms with Crippen molar-refractivity contribution in [1.29, 1.82) is 0 Å². The quantitative estimate of drug-likeness (QED) is 0.766. The highest BCUT2D eigenvalue weighted by Gasteiger charge is 2.52. The van der Waals surface area contributed by atoms with Gasteiger partial charge in [0.25, 0.3) is 5.91 Å². The number of para-hydroxylation sites is 1. The van der Waals surface area contributed by atoms with Crippen LogP contribution < -0.4 is 10.2 Å². The van der Waals surface area contributed by atoms with Crippen LogP contribution in [0.1, 0.15) is 67.4 Å². The van der Waals surface area contributed by atoms with Crippen molar-refractivity contribution in [3.63, 3.8) is 0 Å². The zero-order valence-corrected chi connectivity index (χ0v) is 17.7. The Bertz CT molecular complexity index is 1030. The molecule has 0 unspecified atom stereocenters. The molecule has 1 aromatic heterocycles. The fourth-order valence-corrected chi connectivity index (χ4v) is 5.34. The third-order valence-electron chi connectivity index (χ3n) is 6.30. The Kier molecular flexibility index (Phi) is 4.61. The van der Waals surface area contributed by atoms with Gasteiger partial charge in [0.05, 0.1) is 16.9 Å². The van der Waals surface area contributed by atoms with Gasteiger partial charge in [-0.15, -0.1) is 11.3 Å². The van der Waals surface area contributed by atoms with Crippen molar-refractivity contribution in [2.45, 2.75) is 57.0 Å². The SMILES string of the molecule is C[C@@]12CCC(=O)N1c1ccccc1C(=O)N2CCCC(=O)Nc1nc(C2CC2)cs1. The number of fused-ring (bicyclic) bond motifs is 3. The highest BCUT2D eigenvalue weighted by molar-refractivity contribution is 7.13. The lowest BCUT2D eigenvalue weighted by molar-refractivity contribution is -0.118. The van der Waals surface area contributed by atoms with Gasteiger partial charge in [0, 0.05) is 30.7 Å². The van der Waals surface area contributed by atoms with Crippen molar-refractivity contribution in [2.75, 3.05) is 16.8 Å². The average molecular weight is 425 g/mol. The third-order valence-corrected chi connectivity index (χ3v) is 7.07. The van der Waals surface area contributed by atoms with Crippen LogP contribution in [-0.4, -0.2) is 39.8 Å². The summed E-state index contributed by atoms with van der Waals surface area (Å²) in [4.78, 5) is 46.2. The van der Waals surface area contributed by atoms with Gasteiger partial charge >= 0.3 is 0 Å². The van der Waals surface area contributed by atoms with Crippen LogP contribution in [-0.2, 0) is 9.59 Å². The first-order valence-corrected chi connectivity index (χ1v) is 11.3. The van der Waals surface area contributed by atoms with Crippen molar-refractivity contribution >= 4 is 39.9 Å². The van der Waals surface area contributed by atoms with Gasteiger partial charge in [-0.3, -0.25) is 19.3 Å². The number of nitrogens with one attached hydrogen (secondary N) is 1. The van der Waals surface area contributed by atoms with Crippen molar-refractivity contribution in [3.05, 3.63) is 40.9 Å². The number of nitrogens with zero attached hydrogens (tertiary/aromatic N) is 3. The van der Waals surface area contributed by atoms with Crippen molar-refractivity contribution in [3.8, 4) is 0 Å². The van der Waals surface area contributed by atoms with Crippen LogP contribution in [0.4, 0.5) is 10.8 Å². The number of thiazole rings is 1. The Morgan fingerprint density at radius 1 is 1.30 bits per heavy atom. The predicted molar refractivity (Wildman–Crippen MR) is 115 cm³/mol. The van der Waals surface area contributed by atoms with Gasteiger partial charge in [-0.2, -0.15) is 0 Å². The zero-order valence-electron chi connectivity index (χ0n) is 16.9. The monoisotopic (exact) mass is 424 g/mol. The minimum Gasteiger partial charge on any atom is -0.315 e. The fourth-order valence-electron chi connectivity index (χ4n) is 4.53. The Balaban J connectivity index is 1.25. The molecule has 1 saturated heterocycles. The van der Waals surface area contributed by atoms with Crippen LogP contribution in [0.25, 0.3) is 0 Å². The van der Waals surface area contributed by atoms with Gasteiger partial charge < -0.3 is 10.2 Å². The van der Waals surface area contributed by atoms with E-state index in [9.17, 15) is 14.4 Å². The van der Waals surface area contributed by atoms with Crippen LogP contribution in [0, 0.1) is 0 Å². The highest BCUT2D eigenvalue weighted by Crippen LogP contribution is 2.44. The number of aromatic nitrogens is 1. The Hall–Kier alpha value is -2.74. The summed E-state index contributed by atoms with van der Waals surface area (Å²) < 4.78 is 0. The normalized spacial score (nSPS) is 22.8. The lowest BCUT2D eigenvalue weighted by atomic mass is 9.98. The predicted octanol–water partition coefficient (Wildman–Crippen LogP) is 3.74. The first-order valence-electron chi connectivity index (χ1n) is 10.5. The molecule has 0 bridgehead atoms. The van der Waals surface area contributed by atoms with Gasteiger partial charge in [0.1, 0.15) is 5.66 Å². The molecule has 3 amide bonds. The first-order chi connectivity index (χ1) is 14.5. The summed E-state index contributed by atoms with van der Waals surface area (Å²) in [7, 11) is 0. The maximum Gasteiger partial charge on any atom is 0.257 e. The summed E-state index contributed by atoms with van der Waals surface area (Å²) >= 11 is 1.46. The lowest BCUT2D eigenvalue weighted by Gasteiger charge is -2.48. The number of amides is 3. The summed E-state index contributed by atoms with van der Waals surface area (Å²) in [6.07, 6.45) is 4.21. The van der Waals surface area contributed by atoms with E-state index in [1.807, 2.05) is 30.5 Å². The van der Waals surface area contributed by atoms with Gasteiger partial charge in [-0.05, 0) is 44.7 Å². The van der Waals surface area contributed by atoms with Gasteiger partial charge in [0.15, 0.2) is 5.13 Å². The van der Waals surface area contributed by atoms with Gasteiger partial charge in [-0.1, -0.05) is 12.1 Å². The number of anilines is 2. The molecule has 1 saturated carbocycles. The Morgan fingerprint density at radius 2 is 2.10 bits per heavy atom. The molecule has 2 aliphatic heterocycles. The fraction of sp³-hybridized carbons (Fsp3) is 0.455. The topological polar surface area (TPSA) is 82.6 Å². The lowest BCUT2D eigenvalue weighted by Crippen LogP contribution is -2.62. The molecule has 3 aliphatic rings. The molecule has 5 rings (SSSR count). The number of rotatable bonds is 6. The van der Waals surface area contributed by atoms with Crippen molar-refractivity contribution in [1.82, 2.24) is 9.88 Å². The van der Waals surface area contributed by atoms with E-state index >= 15 is 0 Å². The number of hydrogen-bond donors (Lipinski definition) is 1. The largest absolute Gasteiger partial charge is 0.315 e. The molecule has 1 N–H and O–H groups in total. The van der Waals surface area contributed by atoms with Crippen LogP contribution >= 0.6 is 11.3 Å². The Morgan fingerprint density at radius 3 is 2.90 bits per heavy atom. The van der Waals surface area contributed by atoms with E-state index in [-0.39, 0.29) is 17.7 Å². The van der Waals surface area contributed by atoms with E-state index in [2.05, 4.69) is 10.3 Å². The molecule has 1 aromatic carbocycles. The molecular formula is C22H24N4O3S. The Labute approximate surface area is 179 Å². The molecule has 1 aliphatic carbocycles. The molecule has 8 heteroatoms. The molecule has 2 fully saturated rings. The number of carbonyl (C=O) groups is 3. The second-order valence-corrected chi connectivity index (χ2v) is 9.28. The van der Waals surface area contributed by atoms with E-state index in [1.165, 1.54) is 24.2 Å². The molecule has 1 atom stereocenters. The van der Waals surface area contributed by atoms with Crippen LogP contribution in [0.2, 0.25) is 0 Å². The smallest absolute Gasteiger partial charge is 0.257 e. The molecule has 0 radical (unpaired) electrons. The van der Waals surface area contributed by atoms with E-state index in [0.29, 0.717) is 54.5 Å². The van der Waals surface area contributed by atoms with E-state index in [4.69, 9.17) is 0 Å². The average Bonchev–Trinajstić information content (AvgIpc) is 3.40. The second kappa shape index (κ2) is 7.19. The standard InChI is InChI=1S/C22H24N4O3S/c1-22-11-10-19(28)26(22)17-6-3-2-5-15(17)20(29)25(22)12-4-7-18(27)24-21-23-16(13-30-21)14-8-9-14/h2-3,5-6,13-14H,4,7-12H2,1H3,(H,23,24,27)/t22-/m0/s1. The van der Waals surface area contributed by atoms with Crippen LogP contribution in [0.5, 0.6) is 0 Å². The first kappa shape index (κ1) is 19.2. The van der Waals surface area contributed by atoms with E-state index in [0.717, 1.165) is 5.69 Å². The molecule has 7 nitrogen and oxygen atoms in total. The molecule has 30 heavy (non-hydrogen) atoms. The van der Waals surface area contributed by atoms with E-state index in [1.54, 1.807) is 15.9 Å². The molecule has 2 aromatic rings. The van der Waals surface area contributed by atoms with Crippen LogP contribution in [0.15, 0.2) is 29.6 Å². The van der Waals surface area contributed by atoms with Crippen LogP contribution in [0.3, 0.4) is 0 Å². The van der Waals surface area contributed by atoms with Crippen molar-refractivity contribution < 1.29 is 14.4 Å². The maximum atomic E-state index is 13.2. The number of hydrogen-bond acceptors (Lipinski definition) is 5. The minimum atomic E-state index is -0.673. The molecular weight excluding hydrogens is 400 g/mol. The zero-order chi connectivity index (χ0) is 20.9. The molecule has 0 spiro atoms. The second-order valence-electron chi connectivity index (χ2n) is 8.42. The molecule has 3 heterocycles. The van der Waals surface area contributed by atoms with Gasteiger partial charge in [0.2, 0.25) is 11.8 Å². The summed E-state index contributed by atoms with van der Waals surface area (Å²) in [5, 5.41) is 5.53. The summed E-state index contributed by atoms with van der Waals surface area (Å²) in [5.74, 6) is 0.433. The van der Waals surface area contributed by atoms with E-state index < -0.39 is 5.66 Å².